The summed E-state index contributed by atoms with van der Waals surface area (Å²) >= 11 is 0. The third-order valence-corrected chi connectivity index (χ3v) is 8.45. The van der Waals surface area contributed by atoms with Crippen LogP contribution in [0.4, 0.5) is 15.8 Å². The van der Waals surface area contributed by atoms with Crippen molar-refractivity contribution >= 4 is 27.4 Å². The van der Waals surface area contributed by atoms with Gasteiger partial charge >= 0.3 is 5.97 Å². The average Bonchev–Trinajstić information content (AvgIpc) is 2.91. The summed E-state index contributed by atoms with van der Waals surface area (Å²) in [6.45, 7) is 3.88. The number of anilines is 2. The fraction of sp³-hybridized carbons (Fsp3) is 0.333. The molecule has 0 amide bonds. The second-order valence-corrected chi connectivity index (χ2v) is 11.7. The number of ether oxygens (including phenoxy) is 1. The van der Waals surface area contributed by atoms with Gasteiger partial charge in [-0.2, -0.15) is 8.42 Å². The number of esters is 1. The van der Waals surface area contributed by atoms with Gasteiger partial charge in [-0.1, -0.05) is 44.5 Å². The number of aliphatic hydroxyl groups is 1. The first kappa shape index (κ1) is 29.1. The lowest BCUT2D eigenvalue weighted by Gasteiger charge is -2.38. The molecule has 10 heteroatoms. The van der Waals surface area contributed by atoms with E-state index in [1.54, 1.807) is 36.4 Å². The first-order chi connectivity index (χ1) is 19.1. The molecule has 0 fully saturated rings. The Morgan fingerprint density at radius 3 is 2.50 bits per heavy atom. The van der Waals surface area contributed by atoms with Crippen molar-refractivity contribution < 1.29 is 27.4 Å². The van der Waals surface area contributed by atoms with Crippen LogP contribution < -0.4 is 10.5 Å². The Kier molecular flexibility index (Phi) is 8.78. The van der Waals surface area contributed by atoms with Crippen LogP contribution in [0.15, 0.2) is 83.2 Å². The third-order valence-electron chi connectivity index (χ3n) is 7.15. The van der Waals surface area contributed by atoms with E-state index in [-0.39, 0.29) is 28.6 Å². The Balaban J connectivity index is 1.58. The molecule has 1 aliphatic rings. The van der Waals surface area contributed by atoms with E-state index in [1.807, 2.05) is 13.8 Å². The van der Waals surface area contributed by atoms with E-state index in [4.69, 9.17) is 10.5 Å². The first-order valence-corrected chi connectivity index (χ1v) is 14.8. The molecule has 1 aliphatic heterocycles. The summed E-state index contributed by atoms with van der Waals surface area (Å²) in [5.41, 5.74) is 7.13. The maximum absolute atomic E-state index is 13.4. The molecule has 0 saturated heterocycles. The number of carbonyl (C=O) groups excluding carboxylic acids is 1. The Morgan fingerprint density at radius 1 is 1.12 bits per heavy atom. The molecule has 40 heavy (non-hydrogen) atoms. The number of aliphatic hydroxyl groups excluding tert-OH is 1. The molecule has 0 aliphatic carbocycles. The molecular formula is C30H34FN3O5S. The molecule has 4 N–H and O–H groups in total. The average molecular weight is 568 g/mol. The van der Waals surface area contributed by atoms with Gasteiger partial charge in [0.05, 0.1) is 17.5 Å². The van der Waals surface area contributed by atoms with Crippen molar-refractivity contribution in [1.82, 2.24) is 4.98 Å². The number of nitrogens with one attached hydrogen (secondary N) is 1. The van der Waals surface area contributed by atoms with E-state index >= 15 is 0 Å². The van der Waals surface area contributed by atoms with Gasteiger partial charge in [0.25, 0.3) is 10.0 Å². The summed E-state index contributed by atoms with van der Waals surface area (Å²) in [7, 11) is -3.97. The van der Waals surface area contributed by atoms with Crippen molar-refractivity contribution in [2.24, 2.45) is 0 Å². The minimum atomic E-state index is -3.97. The molecule has 4 rings (SSSR count). The van der Waals surface area contributed by atoms with Crippen LogP contribution in [0.3, 0.4) is 0 Å². The van der Waals surface area contributed by atoms with Crippen LogP contribution in [0, 0.1) is 5.82 Å². The molecule has 1 unspecified atom stereocenters. The van der Waals surface area contributed by atoms with E-state index in [9.17, 15) is 22.7 Å². The summed E-state index contributed by atoms with van der Waals surface area (Å²) in [5.74, 6) is -1.43. The van der Waals surface area contributed by atoms with Crippen LogP contribution in [0.5, 0.6) is 0 Å². The zero-order valence-electron chi connectivity index (χ0n) is 22.6. The van der Waals surface area contributed by atoms with Gasteiger partial charge in [-0.15, -0.1) is 0 Å². The van der Waals surface area contributed by atoms with Gasteiger partial charge in [0.1, 0.15) is 17.2 Å². The quantitative estimate of drug-likeness (QED) is 0.241. The molecule has 2 atom stereocenters. The van der Waals surface area contributed by atoms with Crippen LogP contribution in [-0.2, 0) is 26.0 Å². The number of hydrogen-bond acceptors (Lipinski definition) is 7. The molecule has 212 valence electrons. The highest BCUT2D eigenvalue weighted by Crippen LogP contribution is 2.42. The molecule has 1 aromatic heterocycles. The number of nitrogens with two attached hydrogens (primary N) is 1. The van der Waals surface area contributed by atoms with Gasteiger partial charge in [0.2, 0.25) is 0 Å². The number of nitrogens with zero attached hydrogens (tertiary/aromatic N) is 1. The highest BCUT2D eigenvalue weighted by molar-refractivity contribution is 7.92. The van der Waals surface area contributed by atoms with Gasteiger partial charge in [-0.3, -0.25) is 4.72 Å². The third kappa shape index (κ3) is 6.62. The lowest BCUT2D eigenvalue weighted by Crippen LogP contribution is -2.41. The van der Waals surface area contributed by atoms with Crippen molar-refractivity contribution in [1.29, 1.82) is 0 Å². The predicted molar refractivity (Wildman–Crippen MR) is 152 cm³/mol. The van der Waals surface area contributed by atoms with Crippen molar-refractivity contribution in [3.05, 3.63) is 95.1 Å². The Labute approximate surface area is 234 Å². The number of pyridine rings is 1. The number of benzene rings is 2. The standard InChI is InChI=1S/C30H34FN3O5S/c1-3-15-30(16-14-20-8-10-22(31)11-9-20)18-26(35)28(29(36)39-30)25(4-2)21-6-5-7-24(17-21)34-40(37,38)27-13-12-23(32)19-33-27/h5-13,17,19,25,34-35H,3-4,14-16,18,32H2,1-2H3/t25?,30-/m1/s1. The van der Waals surface area contributed by atoms with E-state index < -0.39 is 27.5 Å². The molecule has 0 spiro atoms. The van der Waals surface area contributed by atoms with Crippen molar-refractivity contribution in [2.45, 2.75) is 68.9 Å². The van der Waals surface area contributed by atoms with Crippen LogP contribution in [-0.4, -0.2) is 30.1 Å². The minimum Gasteiger partial charge on any atom is -0.512 e. The summed E-state index contributed by atoms with van der Waals surface area (Å²) in [6.07, 6.45) is 4.29. The Hall–Kier alpha value is -3.92. The number of halogens is 1. The zero-order valence-corrected chi connectivity index (χ0v) is 23.4. The number of sulfonamides is 1. The molecule has 0 radical (unpaired) electrons. The number of cyclic esters (lactones) is 1. The molecular weight excluding hydrogens is 533 g/mol. The van der Waals surface area contributed by atoms with Crippen LogP contribution >= 0.6 is 0 Å². The number of aryl methyl sites for hydroxylation is 1. The largest absolute Gasteiger partial charge is 0.512 e. The first-order valence-electron chi connectivity index (χ1n) is 13.3. The van der Waals surface area contributed by atoms with Gasteiger partial charge in [0.15, 0.2) is 5.03 Å². The molecule has 8 nitrogen and oxygen atoms in total. The molecule has 2 heterocycles. The van der Waals surface area contributed by atoms with Crippen LogP contribution in [0.2, 0.25) is 0 Å². The normalized spacial score (nSPS) is 18.3. The van der Waals surface area contributed by atoms with Crippen molar-refractivity contribution in [3.63, 3.8) is 0 Å². The van der Waals surface area contributed by atoms with Gasteiger partial charge in [-0.05, 0) is 73.2 Å². The maximum Gasteiger partial charge on any atom is 0.338 e. The number of hydrogen-bond donors (Lipinski definition) is 3. The Morgan fingerprint density at radius 2 is 1.88 bits per heavy atom. The number of carbonyl (C=O) groups is 1. The lowest BCUT2D eigenvalue weighted by atomic mass is 9.80. The summed E-state index contributed by atoms with van der Waals surface area (Å²) < 4.78 is 47.6. The van der Waals surface area contributed by atoms with Crippen LogP contribution in [0.25, 0.3) is 0 Å². The highest BCUT2D eigenvalue weighted by atomic mass is 32.2. The van der Waals surface area contributed by atoms with Gasteiger partial charge in [-0.25, -0.2) is 14.2 Å². The monoisotopic (exact) mass is 567 g/mol. The zero-order chi connectivity index (χ0) is 28.9. The summed E-state index contributed by atoms with van der Waals surface area (Å²) in [5, 5.41) is 11.0. The number of nitrogen functional groups attached to an aromatic ring is 1. The summed E-state index contributed by atoms with van der Waals surface area (Å²) in [6, 6.07) is 15.7. The minimum absolute atomic E-state index is 0.0206. The summed E-state index contributed by atoms with van der Waals surface area (Å²) in [4.78, 5) is 17.3. The highest BCUT2D eigenvalue weighted by Gasteiger charge is 2.43. The van der Waals surface area contributed by atoms with Crippen LogP contribution in [0.1, 0.15) is 63.0 Å². The lowest BCUT2D eigenvalue weighted by molar-refractivity contribution is -0.161. The predicted octanol–water partition coefficient (Wildman–Crippen LogP) is 6.03. The smallest absolute Gasteiger partial charge is 0.338 e. The van der Waals surface area contributed by atoms with Crippen molar-refractivity contribution in [2.75, 3.05) is 10.5 Å². The van der Waals surface area contributed by atoms with E-state index in [2.05, 4.69) is 9.71 Å². The Bertz CT molecular complexity index is 1490. The second kappa shape index (κ2) is 12.1. The topological polar surface area (TPSA) is 132 Å². The van der Waals surface area contributed by atoms with Gasteiger partial charge < -0.3 is 15.6 Å². The molecule has 0 bridgehead atoms. The fourth-order valence-electron chi connectivity index (χ4n) is 5.22. The number of aromatic nitrogens is 1. The van der Waals surface area contributed by atoms with Gasteiger partial charge in [0, 0.05) is 18.0 Å². The molecule has 0 saturated carbocycles. The fourth-order valence-corrected chi connectivity index (χ4v) is 6.20. The van der Waals surface area contributed by atoms with E-state index in [1.165, 1.54) is 30.5 Å². The SMILES string of the molecule is CCC[C@@]1(CCc2ccc(F)cc2)CC(O)=C(C(CC)c2cccc(NS(=O)(=O)c3ccc(N)cn3)c2)C(=O)O1. The maximum atomic E-state index is 13.4. The molecule has 3 aromatic rings. The second-order valence-electron chi connectivity index (χ2n) is 10.1. The van der Waals surface area contributed by atoms with E-state index in [0.717, 1.165) is 12.0 Å². The number of rotatable bonds is 11. The van der Waals surface area contributed by atoms with Crippen molar-refractivity contribution in [3.8, 4) is 0 Å². The van der Waals surface area contributed by atoms with E-state index in [0.29, 0.717) is 42.6 Å². The molecule has 2 aromatic carbocycles.